The first-order valence-corrected chi connectivity index (χ1v) is 7.06. The number of aliphatic hydroxyl groups excluding tert-OH is 1. The predicted molar refractivity (Wildman–Crippen MR) is 73.6 cm³/mol. The zero-order chi connectivity index (χ0) is 13.9. The molecule has 1 aromatic carbocycles. The van der Waals surface area contributed by atoms with Crippen LogP contribution in [0.1, 0.15) is 45.1 Å². The highest BCUT2D eigenvalue weighted by Crippen LogP contribution is 2.31. The molecule has 0 spiro atoms. The molecule has 1 fully saturated rings. The maximum Gasteiger partial charge on any atom is 0.123 e. The molecule has 0 bridgehead atoms. The number of benzene rings is 1. The standard InChI is InChI=1S/C16H23FO2/c1-16(2,12-5-7-13(17)8-6-12)15(18)10-9-14-4-3-11-19-14/h5-8,14-15,18H,3-4,9-11H2,1-2H3. The Balaban J connectivity index is 1.95. The molecule has 3 heteroatoms. The third kappa shape index (κ3) is 3.54. The summed E-state index contributed by atoms with van der Waals surface area (Å²) in [6, 6.07) is 6.41. The first-order valence-electron chi connectivity index (χ1n) is 7.06. The molecule has 2 atom stereocenters. The number of ether oxygens (including phenoxy) is 1. The van der Waals surface area contributed by atoms with E-state index in [4.69, 9.17) is 4.74 Å². The minimum absolute atomic E-state index is 0.242. The molecular formula is C16H23FO2. The van der Waals surface area contributed by atoms with E-state index in [1.165, 1.54) is 12.1 Å². The van der Waals surface area contributed by atoms with Crippen LogP contribution in [0.25, 0.3) is 0 Å². The lowest BCUT2D eigenvalue weighted by atomic mass is 9.77. The second-order valence-electron chi connectivity index (χ2n) is 5.96. The molecule has 2 unspecified atom stereocenters. The van der Waals surface area contributed by atoms with Gasteiger partial charge in [-0.2, -0.15) is 0 Å². The number of aliphatic hydroxyl groups is 1. The highest BCUT2D eigenvalue weighted by atomic mass is 19.1. The summed E-state index contributed by atoms with van der Waals surface area (Å²) in [4.78, 5) is 0. The molecule has 1 aliphatic rings. The number of rotatable bonds is 5. The van der Waals surface area contributed by atoms with Gasteiger partial charge in [0.1, 0.15) is 5.82 Å². The lowest BCUT2D eigenvalue weighted by Crippen LogP contribution is -2.34. The van der Waals surface area contributed by atoms with Gasteiger partial charge < -0.3 is 9.84 Å². The molecule has 0 amide bonds. The van der Waals surface area contributed by atoms with Crippen LogP contribution in [0.3, 0.4) is 0 Å². The Kier molecular flexibility index (Phi) is 4.58. The first-order chi connectivity index (χ1) is 9.00. The molecule has 19 heavy (non-hydrogen) atoms. The van der Waals surface area contributed by atoms with Crippen molar-refractivity contribution in [2.24, 2.45) is 0 Å². The highest BCUT2D eigenvalue weighted by molar-refractivity contribution is 5.25. The Labute approximate surface area is 114 Å². The molecule has 1 N–H and O–H groups in total. The van der Waals surface area contributed by atoms with Crippen LogP contribution in [0.15, 0.2) is 24.3 Å². The fraction of sp³-hybridized carbons (Fsp3) is 0.625. The molecule has 1 aromatic rings. The van der Waals surface area contributed by atoms with Gasteiger partial charge in [0.15, 0.2) is 0 Å². The zero-order valence-corrected chi connectivity index (χ0v) is 11.7. The molecule has 0 aromatic heterocycles. The molecule has 0 saturated carbocycles. The van der Waals surface area contributed by atoms with E-state index in [0.29, 0.717) is 6.10 Å². The molecule has 106 valence electrons. The van der Waals surface area contributed by atoms with Crippen molar-refractivity contribution in [3.63, 3.8) is 0 Å². The van der Waals surface area contributed by atoms with Gasteiger partial charge in [-0.25, -0.2) is 4.39 Å². The third-order valence-corrected chi connectivity index (χ3v) is 4.21. The van der Waals surface area contributed by atoms with E-state index < -0.39 is 6.10 Å². The summed E-state index contributed by atoms with van der Waals surface area (Å²) >= 11 is 0. The smallest absolute Gasteiger partial charge is 0.123 e. The molecule has 1 saturated heterocycles. The minimum Gasteiger partial charge on any atom is -0.392 e. The van der Waals surface area contributed by atoms with Gasteiger partial charge >= 0.3 is 0 Å². The molecule has 0 radical (unpaired) electrons. The Hall–Kier alpha value is -0.930. The summed E-state index contributed by atoms with van der Waals surface area (Å²) in [7, 11) is 0. The average molecular weight is 266 g/mol. The number of hydrogen-bond acceptors (Lipinski definition) is 2. The van der Waals surface area contributed by atoms with Crippen LogP contribution < -0.4 is 0 Å². The normalized spacial score (nSPS) is 21.6. The van der Waals surface area contributed by atoms with E-state index in [9.17, 15) is 9.50 Å². The Morgan fingerprint density at radius 1 is 1.37 bits per heavy atom. The van der Waals surface area contributed by atoms with Gasteiger partial charge in [0.05, 0.1) is 12.2 Å². The SMILES string of the molecule is CC(C)(c1ccc(F)cc1)C(O)CCC1CCCO1. The quantitative estimate of drug-likeness (QED) is 0.885. The maximum absolute atomic E-state index is 12.9. The second kappa shape index (κ2) is 6.02. The highest BCUT2D eigenvalue weighted by Gasteiger charge is 2.30. The summed E-state index contributed by atoms with van der Waals surface area (Å²) in [5, 5.41) is 10.4. The molecule has 2 rings (SSSR count). The minimum atomic E-state index is -0.442. The Morgan fingerprint density at radius 3 is 2.63 bits per heavy atom. The van der Waals surface area contributed by atoms with E-state index in [-0.39, 0.29) is 11.2 Å². The van der Waals surface area contributed by atoms with Gasteiger partial charge in [-0.05, 0) is 43.4 Å². The van der Waals surface area contributed by atoms with Crippen molar-refractivity contribution in [3.05, 3.63) is 35.6 Å². The second-order valence-corrected chi connectivity index (χ2v) is 5.96. The van der Waals surface area contributed by atoms with Crippen LogP contribution in [0.2, 0.25) is 0 Å². The van der Waals surface area contributed by atoms with Crippen molar-refractivity contribution in [2.75, 3.05) is 6.61 Å². The number of halogens is 1. The van der Waals surface area contributed by atoms with Crippen molar-refractivity contribution in [1.82, 2.24) is 0 Å². The van der Waals surface area contributed by atoms with E-state index >= 15 is 0 Å². The van der Waals surface area contributed by atoms with Crippen LogP contribution >= 0.6 is 0 Å². The Bertz CT molecular complexity index is 394. The van der Waals surface area contributed by atoms with Gasteiger partial charge in [0.2, 0.25) is 0 Å². The lowest BCUT2D eigenvalue weighted by Gasteiger charge is -2.31. The van der Waals surface area contributed by atoms with Gasteiger partial charge in [0, 0.05) is 12.0 Å². The van der Waals surface area contributed by atoms with Gasteiger partial charge in [0.25, 0.3) is 0 Å². The fourth-order valence-corrected chi connectivity index (χ4v) is 2.65. The van der Waals surface area contributed by atoms with Crippen molar-refractivity contribution in [3.8, 4) is 0 Å². The maximum atomic E-state index is 12.9. The van der Waals surface area contributed by atoms with Crippen LogP contribution in [-0.2, 0) is 10.2 Å². The van der Waals surface area contributed by atoms with Crippen LogP contribution in [-0.4, -0.2) is 23.9 Å². The van der Waals surface area contributed by atoms with Gasteiger partial charge in [-0.3, -0.25) is 0 Å². The van der Waals surface area contributed by atoms with Crippen LogP contribution in [0.4, 0.5) is 4.39 Å². The van der Waals surface area contributed by atoms with Crippen LogP contribution in [0.5, 0.6) is 0 Å². The lowest BCUT2D eigenvalue weighted by molar-refractivity contribution is 0.0547. The average Bonchev–Trinajstić information content (AvgIpc) is 2.89. The summed E-state index contributed by atoms with van der Waals surface area (Å²) in [6.45, 7) is 4.85. The van der Waals surface area contributed by atoms with Crippen LogP contribution in [0, 0.1) is 5.82 Å². The monoisotopic (exact) mass is 266 g/mol. The summed E-state index contributed by atoms with van der Waals surface area (Å²) in [6.07, 6.45) is 3.70. The third-order valence-electron chi connectivity index (χ3n) is 4.21. The molecule has 1 heterocycles. The van der Waals surface area contributed by atoms with E-state index in [0.717, 1.165) is 37.9 Å². The first kappa shape index (κ1) is 14.5. The van der Waals surface area contributed by atoms with Gasteiger partial charge in [-0.1, -0.05) is 26.0 Å². The topological polar surface area (TPSA) is 29.5 Å². The number of hydrogen-bond donors (Lipinski definition) is 1. The van der Waals surface area contributed by atoms with E-state index in [1.807, 2.05) is 13.8 Å². The summed E-state index contributed by atoms with van der Waals surface area (Å²) in [5.41, 5.74) is 0.598. The fourth-order valence-electron chi connectivity index (χ4n) is 2.65. The van der Waals surface area contributed by atoms with E-state index in [2.05, 4.69) is 0 Å². The largest absolute Gasteiger partial charge is 0.392 e. The van der Waals surface area contributed by atoms with Crippen molar-refractivity contribution >= 4 is 0 Å². The van der Waals surface area contributed by atoms with Crippen molar-refractivity contribution in [2.45, 2.75) is 57.2 Å². The predicted octanol–water partition coefficient (Wildman–Crippen LogP) is 3.42. The van der Waals surface area contributed by atoms with Crippen molar-refractivity contribution in [1.29, 1.82) is 0 Å². The molecule has 0 aliphatic carbocycles. The molecular weight excluding hydrogens is 243 g/mol. The van der Waals surface area contributed by atoms with Gasteiger partial charge in [-0.15, -0.1) is 0 Å². The van der Waals surface area contributed by atoms with Crippen molar-refractivity contribution < 1.29 is 14.2 Å². The molecule has 1 aliphatic heterocycles. The Morgan fingerprint density at radius 2 is 2.05 bits per heavy atom. The van der Waals surface area contributed by atoms with E-state index in [1.54, 1.807) is 12.1 Å². The molecule has 2 nitrogen and oxygen atoms in total. The summed E-state index contributed by atoms with van der Waals surface area (Å²) < 4.78 is 18.5. The summed E-state index contributed by atoms with van der Waals surface area (Å²) in [5.74, 6) is -0.242. The zero-order valence-electron chi connectivity index (χ0n) is 11.7.